The van der Waals surface area contributed by atoms with Gasteiger partial charge in [-0.15, -0.1) is 0 Å². The molecule has 10 heteroatoms. The third kappa shape index (κ3) is 4.65. The van der Waals surface area contributed by atoms with Crippen LogP contribution in [0.4, 0.5) is 11.4 Å². The van der Waals surface area contributed by atoms with Gasteiger partial charge in [0.15, 0.2) is 4.80 Å². The molecule has 0 radical (unpaired) electrons. The minimum atomic E-state index is -0.750. The second-order valence-corrected chi connectivity index (χ2v) is 9.13. The van der Waals surface area contributed by atoms with E-state index in [-0.39, 0.29) is 23.4 Å². The fourth-order valence-electron chi connectivity index (χ4n) is 3.86. The minimum absolute atomic E-state index is 0.0619. The molecule has 35 heavy (non-hydrogen) atoms. The highest BCUT2D eigenvalue weighted by Gasteiger charge is 2.31. The van der Waals surface area contributed by atoms with Crippen molar-refractivity contribution in [3.05, 3.63) is 95.0 Å². The molecule has 0 aliphatic carbocycles. The highest BCUT2D eigenvalue weighted by atomic mass is 32.1. The Balaban J connectivity index is 1.87. The Bertz CT molecular complexity index is 1500. The normalized spacial score (nSPS) is 15.4. The van der Waals surface area contributed by atoms with Crippen molar-refractivity contribution in [3.8, 4) is 0 Å². The van der Waals surface area contributed by atoms with Crippen LogP contribution in [0.1, 0.15) is 31.0 Å². The van der Waals surface area contributed by atoms with Gasteiger partial charge in [0, 0.05) is 37.6 Å². The van der Waals surface area contributed by atoms with Crippen LogP contribution < -0.4 is 19.8 Å². The summed E-state index contributed by atoms with van der Waals surface area (Å²) in [5.74, 6) is -0.578. The summed E-state index contributed by atoms with van der Waals surface area (Å²) in [5, 5.41) is 11.1. The smallest absolute Gasteiger partial charge is 0.338 e. The average Bonchev–Trinajstić information content (AvgIpc) is 3.14. The Morgan fingerprint density at radius 1 is 1.20 bits per heavy atom. The van der Waals surface area contributed by atoms with Gasteiger partial charge in [-0.05, 0) is 55.3 Å². The van der Waals surface area contributed by atoms with Crippen LogP contribution in [0.2, 0.25) is 0 Å². The monoisotopic (exact) mass is 492 g/mol. The molecule has 1 aromatic heterocycles. The zero-order valence-electron chi connectivity index (χ0n) is 19.7. The molecule has 0 saturated carbocycles. The van der Waals surface area contributed by atoms with Crippen LogP contribution in [-0.2, 0) is 9.53 Å². The van der Waals surface area contributed by atoms with E-state index in [4.69, 9.17) is 9.73 Å². The molecule has 2 heterocycles. The van der Waals surface area contributed by atoms with E-state index < -0.39 is 16.9 Å². The number of hydrogen-bond acceptors (Lipinski definition) is 8. The van der Waals surface area contributed by atoms with E-state index in [0.717, 1.165) is 11.3 Å². The molecule has 0 bridgehead atoms. The van der Waals surface area contributed by atoms with Crippen LogP contribution >= 0.6 is 11.3 Å². The van der Waals surface area contributed by atoms with Crippen LogP contribution in [0, 0.1) is 10.1 Å². The maximum absolute atomic E-state index is 13.3. The molecule has 180 valence electrons. The number of aromatic nitrogens is 1. The van der Waals surface area contributed by atoms with Crippen LogP contribution in [0.15, 0.2) is 63.9 Å². The molecule has 3 aromatic rings. The van der Waals surface area contributed by atoms with Crippen molar-refractivity contribution in [2.24, 2.45) is 4.99 Å². The van der Waals surface area contributed by atoms with E-state index in [9.17, 15) is 19.7 Å². The van der Waals surface area contributed by atoms with Crippen LogP contribution in [0.5, 0.6) is 0 Å². The van der Waals surface area contributed by atoms with Gasteiger partial charge in [-0.2, -0.15) is 0 Å². The first-order valence-corrected chi connectivity index (χ1v) is 11.7. The number of benzene rings is 2. The second kappa shape index (κ2) is 9.67. The number of esters is 1. The number of thiazole rings is 1. The number of rotatable bonds is 6. The van der Waals surface area contributed by atoms with Crippen molar-refractivity contribution in [1.82, 2.24) is 4.57 Å². The number of fused-ring (bicyclic) bond motifs is 1. The van der Waals surface area contributed by atoms with Crippen molar-refractivity contribution >= 4 is 40.5 Å². The highest BCUT2D eigenvalue weighted by Crippen LogP contribution is 2.33. The number of allylic oxidation sites excluding steroid dienone is 1. The largest absolute Gasteiger partial charge is 0.463 e. The van der Waals surface area contributed by atoms with Crippen LogP contribution in [0.25, 0.3) is 11.8 Å². The summed E-state index contributed by atoms with van der Waals surface area (Å²) in [6.45, 7) is 3.55. The lowest BCUT2D eigenvalue weighted by atomic mass is 9.96. The maximum atomic E-state index is 13.3. The molecular formula is C25H24N4O5S. The molecule has 1 aliphatic rings. The molecule has 0 fully saturated rings. The van der Waals surface area contributed by atoms with E-state index in [2.05, 4.69) is 0 Å². The van der Waals surface area contributed by atoms with Crippen molar-refractivity contribution in [1.29, 1.82) is 0 Å². The molecule has 0 saturated heterocycles. The van der Waals surface area contributed by atoms with Gasteiger partial charge in [-0.1, -0.05) is 23.5 Å². The number of nitro benzene ring substituents is 1. The lowest BCUT2D eigenvalue weighted by Gasteiger charge is -2.22. The van der Waals surface area contributed by atoms with Crippen molar-refractivity contribution in [2.75, 3.05) is 25.6 Å². The molecule has 0 unspecified atom stereocenters. The third-order valence-corrected chi connectivity index (χ3v) is 6.65. The summed E-state index contributed by atoms with van der Waals surface area (Å²) in [6.07, 6.45) is 1.80. The van der Waals surface area contributed by atoms with E-state index in [0.29, 0.717) is 20.6 Å². The number of hydrogen-bond donors (Lipinski definition) is 0. The predicted octanol–water partition coefficient (Wildman–Crippen LogP) is 2.88. The van der Waals surface area contributed by atoms with Crippen LogP contribution in [0.3, 0.4) is 0 Å². The molecule has 1 aliphatic heterocycles. The summed E-state index contributed by atoms with van der Waals surface area (Å²) in [6, 6.07) is 12.9. The van der Waals surface area contributed by atoms with Gasteiger partial charge in [0.1, 0.15) is 6.04 Å². The predicted molar refractivity (Wildman–Crippen MR) is 135 cm³/mol. The number of nitrogens with zero attached hydrogens (tertiary/aromatic N) is 4. The van der Waals surface area contributed by atoms with Gasteiger partial charge < -0.3 is 9.64 Å². The first kappa shape index (κ1) is 24.1. The van der Waals surface area contributed by atoms with E-state index >= 15 is 0 Å². The van der Waals surface area contributed by atoms with Gasteiger partial charge in [0.25, 0.3) is 11.2 Å². The molecule has 0 amide bonds. The molecule has 9 nitrogen and oxygen atoms in total. The van der Waals surface area contributed by atoms with E-state index in [1.165, 1.54) is 28.0 Å². The fraction of sp³-hybridized carbons (Fsp3) is 0.240. The van der Waals surface area contributed by atoms with Gasteiger partial charge in [-0.25, -0.2) is 9.79 Å². The Hall–Kier alpha value is -4.05. The lowest BCUT2D eigenvalue weighted by molar-refractivity contribution is -0.384. The minimum Gasteiger partial charge on any atom is -0.463 e. The van der Waals surface area contributed by atoms with Crippen LogP contribution in [-0.4, -0.2) is 36.2 Å². The molecule has 2 aromatic carbocycles. The molecule has 1 atom stereocenters. The first-order chi connectivity index (χ1) is 16.7. The first-order valence-electron chi connectivity index (χ1n) is 10.9. The van der Waals surface area contributed by atoms with Gasteiger partial charge in [0.2, 0.25) is 0 Å². The summed E-state index contributed by atoms with van der Waals surface area (Å²) in [4.78, 5) is 43.9. The maximum Gasteiger partial charge on any atom is 0.338 e. The number of carbonyl (C=O) groups excluding carboxylic acids is 1. The summed E-state index contributed by atoms with van der Waals surface area (Å²) >= 11 is 1.23. The van der Waals surface area contributed by atoms with Gasteiger partial charge in [-0.3, -0.25) is 19.5 Å². The fourth-order valence-corrected chi connectivity index (χ4v) is 4.90. The Morgan fingerprint density at radius 3 is 2.43 bits per heavy atom. The second-order valence-electron chi connectivity index (χ2n) is 8.12. The van der Waals surface area contributed by atoms with E-state index in [1.807, 2.05) is 43.3 Å². The number of non-ortho nitro benzene ring substituents is 1. The number of anilines is 1. The van der Waals surface area contributed by atoms with Crippen molar-refractivity contribution < 1.29 is 14.5 Å². The highest BCUT2D eigenvalue weighted by molar-refractivity contribution is 7.07. The molecule has 4 rings (SSSR count). The van der Waals surface area contributed by atoms with Gasteiger partial charge in [0.05, 0.1) is 21.6 Å². The average molecular weight is 493 g/mol. The molecular weight excluding hydrogens is 468 g/mol. The Kier molecular flexibility index (Phi) is 6.65. The summed E-state index contributed by atoms with van der Waals surface area (Å²) < 4.78 is 7.17. The standard InChI is InChI=1S/C25H24N4O5S/c1-5-34-24(31)21-15(2)28-23(30)20(14-16-6-10-18(11-7-16)27(3)4)35-25(28)26-22(21)17-8-12-19(13-9-17)29(32)33/h6-14,22H,5H2,1-4H3/b20-14-/t22-/m0/s1. The molecule has 0 spiro atoms. The van der Waals surface area contributed by atoms with E-state index in [1.54, 1.807) is 32.1 Å². The zero-order chi connectivity index (χ0) is 25.3. The summed E-state index contributed by atoms with van der Waals surface area (Å²) in [5.41, 5.74) is 2.83. The molecule has 0 N–H and O–H groups in total. The topological polar surface area (TPSA) is 107 Å². The van der Waals surface area contributed by atoms with Crippen molar-refractivity contribution in [2.45, 2.75) is 19.9 Å². The third-order valence-electron chi connectivity index (χ3n) is 5.67. The van der Waals surface area contributed by atoms with Gasteiger partial charge >= 0.3 is 5.97 Å². The number of ether oxygens (including phenoxy) is 1. The Morgan fingerprint density at radius 2 is 1.86 bits per heavy atom. The summed E-state index contributed by atoms with van der Waals surface area (Å²) in [7, 11) is 3.91. The SMILES string of the molecule is CCOC(=O)C1=C(C)n2c(s/c(=C\c3ccc(N(C)C)cc3)c2=O)=N[C@H]1c1ccc([N+](=O)[O-])cc1. The van der Waals surface area contributed by atoms with Crippen molar-refractivity contribution in [3.63, 3.8) is 0 Å². The number of nitro groups is 1. The zero-order valence-corrected chi connectivity index (χ0v) is 20.5. The quantitative estimate of drug-likeness (QED) is 0.298. The Labute approximate surface area is 205 Å². The number of carbonyl (C=O) groups is 1. The lowest BCUT2D eigenvalue weighted by Crippen LogP contribution is -2.35.